The SMILES string of the molecule is Cn1c(C(C)(C)F)nc2sc(N3CCCC3C(=O)NCc3ccccc3)nc2c1=O. The third-order valence-corrected chi connectivity index (χ3v) is 6.26. The summed E-state index contributed by atoms with van der Waals surface area (Å²) in [6, 6.07) is 9.38. The van der Waals surface area contributed by atoms with Gasteiger partial charge in [0.1, 0.15) is 11.9 Å². The number of halogens is 1. The average Bonchev–Trinajstić information content (AvgIpc) is 3.35. The van der Waals surface area contributed by atoms with Crippen molar-refractivity contribution in [3.8, 4) is 0 Å². The normalized spacial score (nSPS) is 16.9. The number of carbonyl (C=O) groups excluding carboxylic acids is 1. The number of benzene rings is 1. The third-order valence-electron chi connectivity index (χ3n) is 5.27. The van der Waals surface area contributed by atoms with Gasteiger partial charge >= 0.3 is 0 Å². The highest BCUT2D eigenvalue weighted by Gasteiger charge is 2.34. The minimum atomic E-state index is -1.75. The molecule has 1 aliphatic heterocycles. The van der Waals surface area contributed by atoms with Gasteiger partial charge in [0.15, 0.2) is 21.1 Å². The van der Waals surface area contributed by atoms with Crippen LogP contribution in [0.15, 0.2) is 35.1 Å². The summed E-state index contributed by atoms with van der Waals surface area (Å²) in [5.74, 6) is -0.00386. The molecule has 1 N–H and O–H groups in total. The van der Waals surface area contributed by atoms with E-state index in [1.54, 1.807) is 0 Å². The van der Waals surface area contributed by atoms with Crippen LogP contribution >= 0.6 is 11.3 Å². The Kier molecular flexibility index (Phi) is 5.31. The van der Waals surface area contributed by atoms with Gasteiger partial charge in [0.25, 0.3) is 5.56 Å². The van der Waals surface area contributed by atoms with Crippen molar-refractivity contribution in [3.05, 3.63) is 52.1 Å². The van der Waals surface area contributed by atoms with Crippen LogP contribution in [0.4, 0.5) is 9.52 Å². The van der Waals surface area contributed by atoms with Crippen molar-refractivity contribution >= 4 is 32.7 Å². The number of aromatic nitrogens is 3. The van der Waals surface area contributed by atoms with Gasteiger partial charge in [0.05, 0.1) is 0 Å². The van der Waals surface area contributed by atoms with Crippen LogP contribution in [0.5, 0.6) is 0 Å². The molecular formula is C21H24FN5O2S. The zero-order valence-electron chi connectivity index (χ0n) is 17.2. The van der Waals surface area contributed by atoms with Crippen molar-refractivity contribution in [3.63, 3.8) is 0 Å². The van der Waals surface area contributed by atoms with Crippen molar-refractivity contribution in [2.75, 3.05) is 11.4 Å². The third kappa shape index (κ3) is 3.81. The Balaban J connectivity index is 1.60. The van der Waals surface area contributed by atoms with Crippen LogP contribution in [-0.2, 0) is 24.1 Å². The molecule has 0 bridgehead atoms. The molecular weight excluding hydrogens is 405 g/mol. The van der Waals surface area contributed by atoms with E-state index >= 15 is 0 Å². The van der Waals surface area contributed by atoms with Gasteiger partial charge in [-0.15, -0.1) is 0 Å². The lowest BCUT2D eigenvalue weighted by atomic mass is 10.1. The summed E-state index contributed by atoms with van der Waals surface area (Å²) in [6.45, 7) is 3.87. The molecule has 1 unspecified atom stereocenters. The fraction of sp³-hybridized carbons (Fsp3) is 0.429. The molecule has 0 radical (unpaired) electrons. The van der Waals surface area contributed by atoms with Crippen LogP contribution in [0.2, 0.25) is 0 Å². The molecule has 1 aliphatic rings. The van der Waals surface area contributed by atoms with Crippen molar-refractivity contribution in [2.45, 2.75) is 44.9 Å². The van der Waals surface area contributed by atoms with Gasteiger partial charge < -0.3 is 10.2 Å². The monoisotopic (exact) mass is 429 g/mol. The summed E-state index contributed by atoms with van der Waals surface area (Å²) >= 11 is 1.23. The molecule has 0 aliphatic carbocycles. The summed E-state index contributed by atoms with van der Waals surface area (Å²) in [5, 5.41) is 3.56. The van der Waals surface area contributed by atoms with Gasteiger partial charge in [-0.3, -0.25) is 14.2 Å². The van der Waals surface area contributed by atoms with Crippen LogP contribution in [-0.4, -0.2) is 33.0 Å². The fourth-order valence-electron chi connectivity index (χ4n) is 3.77. The van der Waals surface area contributed by atoms with Gasteiger partial charge in [0, 0.05) is 20.1 Å². The Hall–Kier alpha value is -2.81. The number of alkyl halides is 1. The van der Waals surface area contributed by atoms with Crippen LogP contribution in [0.25, 0.3) is 10.3 Å². The number of carbonyl (C=O) groups is 1. The molecule has 1 saturated heterocycles. The molecule has 1 aromatic carbocycles. The molecule has 1 atom stereocenters. The number of nitrogens with zero attached hydrogens (tertiary/aromatic N) is 4. The molecule has 30 heavy (non-hydrogen) atoms. The number of hydrogen-bond donors (Lipinski definition) is 1. The summed E-state index contributed by atoms with van der Waals surface area (Å²) < 4.78 is 15.7. The van der Waals surface area contributed by atoms with E-state index in [1.807, 2.05) is 35.2 Å². The Bertz CT molecular complexity index is 1140. The lowest BCUT2D eigenvalue weighted by Gasteiger charge is -2.23. The first-order valence-electron chi connectivity index (χ1n) is 9.91. The second-order valence-electron chi connectivity index (χ2n) is 7.98. The lowest BCUT2D eigenvalue weighted by Crippen LogP contribution is -2.43. The number of nitrogens with one attached hydrogen (secondary N) is 1. The van der Waals surface area contributed by atoms with E-state index in [0.29, 0.717) is 29.5 Å². The molecule has 158 valence electrons. The van der Waals surface area contributed by atoms with Gasteiger partial charge in [-0.1, -0.05) is 41.7 Å². The van der Waals surface area contributed by atoms with Crippen molar-refractivity contribution in [1.29, 1.82) is 0 Å². The molecule has 9 heteroatoms. The van der Waals surface area contributed by atoms with Crippen LogP contribution in [0.3, 0.4) is 0 Å². The largest absolute Gasteiger partial charge is 0.350 e. The summed E-state index contributed by atoms with van der Waals surface area (Å²) in [7, 11) is 1.50. The van der Waals surface area contributed by atoms with E-state index < -0.39 is 5.67 Å². The molecule has 0 saturated carbocycles. The second kappa shape index (κ2) is 7.79. The number of rotatable bonds is 5. The highest BCUT2D eigenvalue weighted by Crippen LogP contribution is 2.33. The number of hydrogen-bond acceptors (Lipinski definition) is 6. The van der Waals surface area contributed by atoms with E-state index in [0.717, 1.165) is 12.0 Å². The molecule has 1 amide bonds. The van der Waals surface area contributed by atoms with E-state index in [4.69, 9.17) is 0 Å². The minimum absolute atomic E-state index is 0.0637. The van der Waals surface area contributed by atoms with E-state index in [9.17, 15) is 14.0 Å². The predicted molar refractivity (Wildman–Crippen MR) is 115 cm³/mol. The standard InChI is InChI=1S/C21H24FN5O2S/c1-21(2,22)19-25-17-15(18(29)26(19)3)24-20(30-17)27-11-7-10-14(27)16(28)23-12-13-8-5-4-6-9-13/h4-6,8-9,14H,7,10-12H2,1-3H3,(H,23,28). The molecule has 3 heterocycles. The molecule has 4 rings (SSSR count). The van der Waals surface area contributed by atoms with E-state index in [2.05, 4.69) is 15.3 Å². The second-order valence-corrected chi connectivity index (χ2v) is 8.93. The number of amides is 1. The first-order valence-corrected chi connectivity index (χ1v) is 10.7. The quantitative estimate of drug-likeness (QED) is 0.675. The molecule has 2 aromatic heterocycles. The molecule has 1 fully saturated rings. The van der Waals surface area contributed by atoms with Crippen LogP contribution in [0, 0.1) is 0 Å². The zero-order chi connectivity index (χ0) is 21.5. The Labute approximate surface area is 177 Å². The number of anilines is 1. The topological polar surface area (TPSA) is 80.1 Å². The number of fused-ring (bicyclic) bond motifs is 1. The Morgan fingerprint density at radius 3 is 2.73 bits per heavy atom. The maximum absolute atomic E-state index is 14.5. The number of thiazole rings is 1. The van der Waals surface area contributed by atoms with Crippen molar-refractivity contribution in [2.24, 2.45) is 7.05 Å². The maximum Gasteiger partial charge on any atom is 0.280 e. The van der Waals surface area contributed by atoms with Crippen LogP contribution < -0.4 is 15.8 Å². The van der Waals surface area contributed by atoms with Gasteiger partial charge in [-0.2, -0.15) is 0 Å². The smallest absolute Gasteiger partial charge is 0.280 e. The van der Waals surface area contributed by atoms with E-state index in [1.165, 1.54) is 36.8 Å². The molecule has 7 nitrogen and oxygen atoms in total. The summed E-state index contributed by atoms with van der Waals surface area (Å²) in [6.07, 6.45) is 1.57. The van der Waals surface area contributed by atoms with Gasteiger partial charge in [0.2, 0.25) is 5.91 Å². The zero-order valence-corrected chi connectivity index (χ0v) is 18.0. The van der Waals surface area contributed by atoms with Crippen LogP contribution in [0.1, 0.15) is 38.1 Å². The molecule has 0 spiro atoms. The average molecular weight is 430 g/mol. The van der Waals surface area contributed by atoms with E-state index in [-0.39, 0.29) is 28.8 Å². The predicted octanol–water partition coefficient (Wildman–Crippen LogP) is 2.88. The van der Waals surface area contributed by atoms with Gasteiger partial charge in [-0.05, 0) is 32.3 Å². The minimum Gasteiger partial charge on any atom is -0.350 e. The fourth-order valence-corrected chi connectivity index (χ4v) is 4.78. The first-order chi connectivity index (χ1) is 14.3. The Morgan fingerprint density at radius 2 is 2.03 bits per heavy atom. The first kappa shape index (κ1) is 20.5. The lowest BCUT2D eigenvalue weighted by molar-refractivity contribution is -0.122. The summed E-state index contributed by atoms with van der Waals surface area (Å²) in [4.78, 5) is 36.7. The van der Waals surface area contributed by atoms with Crippen molar-refractivity contribution < 1.29 is 9.18 Å². The van der Waals surface area contributed by atoms with Crippen molar-refractivity contribution in [1.82, 2.24) is 19.9 Å². The van der Waals surface area contributed by atoms with Gasteiger partial charge in [-0.25, -0.2) is 14.4 Å². The Morgan fingerprint density at radius 1 is 1.30 bits per heavy atom. The molecule has 3 aromatic rings. The highest BCUT2D eigenvalue weighted by atomic mass is 32.1. The highest BCUT2D eigenvalue weighted by molar-refractivity contribution is 7.21. The maximum atomic E-state index is 14.5. The summed E-state index contributed by atoms with van der Waals surface area (Å²) in [5.41, 5.74) is -0.891.